The van der Waals surface area contributed by atoms with Gasteiger partial charge in [0, 0.05) is 11.6 Å². The predicted molar refractivity (Wildman–Crippen MR) is 81.6 cm³/mol. The van der Waals surface area contributed by atoms with Crippen LogP contribution in [0.4, 0.5) is 0 Å². The van der Waals surface area contributed by atoms with E-state index in [9.17, 15) is 4.79 Å². The molecule has 20 heavy (non-hydrogen) atoms. The van der Waals surface area contributed by atoms with Crippen molar-refractivity contribution in [3.8, 4) is 11.1 Å². The standard InChI is InChI=1S/C17H16N2O/c1-2-11-10-19-16-14(11)8-13(9-15(16)17(18)20)12-6-4-3-5-7-12/h3-10,19H,2H2,1H3,(H2,18,20). The molecular weight excluding hydrogens is 248 g/mol. The average molecular weight is 264 g/mol. The summed E-state index contributed by atoms with van der Waals surface area (Å²) in [4.78, 5) is 14.9. The molecular formula is C17H16N2O. The minimum atomic E-state index is -0.405. The van der Waals surface area contributed by atoms with Crippen molar-refractivity contribution in [3.63, 3.8) is 0 Å². The Bertz CT molecular complexity index is 772. The molecule has 0 atom stereocenters. The van der Waals surface area contributed by atoms with Crippen molar-refractivity contribution in [3.05, 3.63) is 59.8 Å². The Labute approximate surface area is 117 Å². The Balaban J connectivity index is 2.31. The van der Waals surface area contributed by atoms with Crippen LogP contribution in [0.2, 0.25) is 0 Å². The van der Waals surface area contributed by atoms with Crippen LogP contribution in [-0.2, 0) is 6.42 Å². The molecule has 0 saturated carbocycles. The quantitative estimate of drug-likeness (QED) is 0.747. The largest absolute Gasteiger partial charge is 0.366 e. The molecule has 0 unspecified atom stereocenters. The molecule has 0 spiro atoms. The van der Waals surface area contributed by atoms with Crippen molar-refractivity contribution < 1.29 is 4.79 Å². The molecule has 3 heteroatoms. The second-order valence-electron chi connectivity index (χ2n) is 4.84. The van der Waals surface area contributed by atoms with E-state index >= 15 is 0 Å². The molecule has 3 N–H and O–H groups in total. The predicted octanol–water partition coefficient (Wildman–Crippen LogP) is 3.50. The van der Waals surface area contributed by atoms with Crippen molar-refractivity contribution in [2.75, 3.05) is 0 Å². The van der Waals surface area contributed by atoms with Crippen LogP contribution in [0.15, 0.2) is 48.7 Å². The average Bonchev–Trinajstić information content (AvgIpc) is 2.89. The van der Waals surface area contributed by atoms with E-state index in [1.165, 1.54) is 5.56 Å². The van der Waals surface area contributed by atoms with E-state index in [4.69, 9.17) is 5.73 Å². The minimum absolute atomic E-state index is 0.405. The van der Waals surface area contributed by atoms with E-state index in [1.807, 2.05) is 42.6 Å². The summed E-state index contributed by atoms with van der Waals surface area (Å²) in [5.41, 5.74) is 10.2. The van der Waals surface area contributed by atoms with Crippen LogP contribution in [0.5, 0.6) is 0 Å². The SMILES string of the molecule is CCc1c[nH]c2c(C(N)=O)cc(-c3ccccc3)cc12. The Kier molecular flexibility index (Phi) is 3.03. The number of hydrogen-bond donors (Lipinski definition) is 2. The lowest BCUT2D eigenvalue weighted by Gasteiger charge is -2.06. The molecule has 0 saturated heterocycles. The third kappa shape index (κ3) is 1.97. The maximum absolute atomic E-state index is 11.7. The summed E-state index contributed by atoms with van der Waals surface area (Å²) >= 11 is 0. The Morgan fingerprint density at radius 1 is 1.15 bits per heavy atom. The number of aromatic amines is 1. The third-order valence-corrected chi connectivity index (χ3v) is 3.63. The number of carbonyl (C=O) groups is 1. The van der Waals surface area contributed by atoms with Crippen LogP contribution < -0.4 is 5.73 Å². The Morgan fingerprint density at radius 3 is 2.55 bits per heavy atom. The molecule has 3 rings (SSSR count). The van der Waals surface area contributed by atoms with Gasteiger partial charge in [0.05, 0.1) is 11.1 Å². The fourth-order valence-corrected chi connectivity index (χ4v) is 2.57. The van der Waals surface area contributed by atoms with Gasteiger partial charge in [-0.1, -0.05) is 37.3 Å². The van der Waals surface area contributed by atoms with Gasteiger partial charge in [-0.2, -0.15) is 0 Å². The molecule has 0 aliphatic rings. The van der Waals surface area contributed by atoms with Crippen LogP contribution >= 0.6 is 0 Å². The summed E-state index contributed by atoms with van der Waals surface area (Å²) in [6, 6.07) is 14.0. The number of aromatic nitrogens is 1. The lowest BCUT2D eigenvalue weighted by molar-refractivity contribution is 0.100. The number of benzene rings is 2. The normalized spacial score (nSPS) is 10.8. The number of hydrogen-bond acceptors (Lipinski definition) is 1. The van der Waals surface area contributed by atoms with Gasteiger partial charge in [-0.05, 0) is 35.2 Å². The highest BCUT2D eigenvalue weighted by Gasteiger charge is 2.13. The summed E-state index contributed by atoms with van der Waals surface area (Å²) in [7, 11) is 0. The van der Waals surface area contributed by atoms with Crippen molar-refractivity contribution in [2.45, 2.75) is 13.3 Å². The topological polar surface area (TPSA) is 58.9 Å². The van der Waals surface area contributed by atoms with E-state index in [-0.39, 0.29) is 0 Å². The zero-order valence-electron chi connectivity index (χ0n) is 11.3. The molecule has 2 aromatic carbocycles. The summed E-state index contributed by atoms with van der Waals surface area (Å²) < 4.78 is 0. The van der Waals surface area contributed by atoms with Gasteiger partial charge < -0.3 is 10.7 Å². The molecule has 0 aliphatic carbocycles. The van der Waals surface area contributed by atoms with Gasteiger partial charge in [0.2, 0.25) is 0 Å². The highest BCUT2D eigenvalue weighted by molar-refractivity contribution is 6.07. The first-order valence-corrected chi connectivity index (χ1v) is 6.70. The van der Waals surface area contributed by atoms with Crippen LogP contribution in [0.1, 0.15) is 22.8 Å². The molecule has 0 fully saturated rings. The second-order valence-corrected chi connectivity index (χ2v) is 4.84. The van der Waals surface area contributed by atoms with Crippen LogP contribution in [0, 0.1) is 0 Å². The number of carbonyl (C=O) groups excluding carboxylic acids is 1. The summed E-state index contributed by atoms with van der Waals surface area (Å²) in [5.74, 6) is -0.405. The number of H-pyrrole nitrogens is 1. The summed E-state index contributed by atoms with van der Waals surface area (Å²) in [6.45, 7) is 2.10. The van der Waals surface area contributed by atoms with Gasteiger partial charge in [0.1, 0.15) is 0 Å². The fraction of sp³-hybridized carbons (Fsp3) is 0.118. The molecule has 100 valence electrons. The van der Waals surface area contributed by atoms with E-state index < -0.39 is 5.91 Å². The van der Waals surface area contributed by atoms with Crippen molar-refractivity contribution >= 4 is 16.8 Å². The highest BCUT2D eigenvalue weighted by atomic mass is 16.1. The lowest BCUT2D eigenvalue weighted by atomic mass is 9.98. The smallest absolute Gasteiger partial charge is 0.250 e. The van der Waals surface area contributed by atoms with Crippen LogP contribution in [0.3, 0.4) is 0 Å². The van der Waals surface area contributed by atoms with Gasteiger partial charge >= 0.3 is 0 Å². The van der Waals surface area contributed by atoms with E-state index in [0.29, 0.717) is 5.56 Å². The van der Waals surface area contributed by atoms with Gasteiger partial charge in [0.15, 0.2) is 0 Å². The molecule has 0 aliphatic heterocycles. The minimum Gasteiger partial charge on any atom is -0.366 e. The van der Waals surface area contributed by atoms with Crippen molar-refractivity contribution in [1.82, 2.24) is 4.98 Å². The molecule has 1 heterocycles. The first-order chi connectivity index (χ1) is 9.70. The van der Waals surface area contributed by atoms with E-state index in [0.717, 1.165) is 28.5 Å². The zero-order chi connectivity index (χ0) is 14.1. The Hall–Kier alpha value is -2.55. The van der Waals surface area contributed by atoms with Crippen molar-refractivity contribution in [1.29, 1.82) is 0 Å². The van der Waals surface area contributed by atoms with Gasteiger partial charge in [-0.15, -0.1) is 0 Å². The zero-order valence-corrected chi connectivity index (χ0v) is 11.3. The number of primary amides is 1. The number of nitrogens with two attached hydrogens (primary N) is 1. The number of amides is 1. The lowest BCUT2D eigenvalue weighted by Crippen LogP contribution is -2.11. The first kappa shape index (κ1) is 12.5. The number of aryl methyl sites for hydroxylation is 1. The van der Waals surface area contributed by atoms with Crippen LogP contribution in [0.25, 0.3) is 22.0 Å². The monoisotopic (exact) mass is 264 g/mol. The molecule has 1 aromatic heterocycles. The second kappa shape index (κ2) is 4.85. The van der Waals surface area contributed by atoms with Crippen LogP contribution in [-0.4, -0.2) is 10.9 Å². The molecule has 0 radical (unpaired) electrons. The molecule has 3 nitrogen and oxygen atoms in total. The third-order valence-electron chi connectivity index (χ3n) is 3.63. The van der Waals surface area contributed by atoms with Gasteiger partial charge in [0.25, 0.3) is 5.91 Å². The van der Waals surface area contributed by atoms with Gasteiger partial charge in [-0.25, -0.2) is 0 Å². The maximum atomic E-state index is 11.7. The fourth-order valence-electron chi connectivity index (χ4n) is 2.57. The number of fused-ring (bicyclic) bond motifs is 1. The van der Waals surface area contributed by atoms with E-state index in [1.54, 1.807) is 0 Å². The Morgan fingerprint density at radius 2 is 1.90 bits per heavy atom. The summed E-state index contributed by atoms with van der Waals surface area (Å²) in [5, 5.41) is 1.07. The number of nitrogens with one attached hydrogen (secondary N) is 1. The van der Waals surface area contributed by atoms with Crippen molar-refractivity contribution in [2.24, 2.45) is 5.73 Å². The first-order valence-electron chi connectivity index (χ1n) is 6.70. The highest BCUT2D eigenvalue weighted by Crippen LogP contribution is 2.29. The molecule has 3 aromatic rings. The molecule has 1 amide bonds. The maximum Gasteiger partial charge on any atom is 0.250 e. The van der Waals surface area contributed by atoms with Gasteiger partial charge in [-0.3, -0.25) is 4.79 Å². The number of rotatable bonds is 3. The summed E-state index contributed by atoms with van der Waals surface area (Å²) in [6.07, 6.45) is 2.86. The van der Waals surface area contributed by atoms with E-state index in [2.05, 4.69) is 18.0 Å². The molecule has 0 bridgehead atoms.